The van der Waals surface area contributed by atoms with Crippen LogP contribution in [0.25, 0.3) is 0 Å². The topological polar surface area (TPSA) is 69.6 Å². The number of hydrogen-bond acceptors (Lipinski definition) is 3. The molecule has 6 heteroatoms. The third-order valence-electron chi connectivity index (χ3n) is 5.89. The van der Waals surface area contributed by atoms with Crippen LogP contribution in [-0.4, -0.2) is 28.5 Å². The van der Waals surface area contributed by atoms with Crippen LogP contribution in [0.1, 0.15) is 39.9 Å². The first-order valence-electron chi connectivity index (χ1n) is 9.11. The van der Waals surface area contributed by atoms with E-state index in [1.54, 1.807) is 17.6 Å². The SMILES string of the molecule is O=C(NO)c1ccc2c(c1)C[C@]1(CC2)CCN(Cc2ccccc2Cl)C1=O. The maximum atomic E-state index is 13.2. The molecule has 0 aromatic heterocycles. The second-order valence-corrected chi connectivity index (χ2v) is 7.86. The highest BCUT2D eigenvalue weighted by Gasteiger charge is 2.48. The molecule has 2 aromatic carbocycles. The molecule has 1 aliphatic carbocycles. The first-order valence-corrected chi connectivity index (χ1v) is 9.49. The van der Waals surface area contributed by atoms with E-state index in [-0.39, 0.29) is 5.91 Å². The molecular formula is C21H21ClN2O3. The molecule has 2 aromatic rings. The summed E-state index contributed by atoms with van der Waals surface area (Å²) in [6.07, 6.45) is 3.09. The Morgan fingerprint density at radius 1 is 1.19 bits per heavy atom. The summed E-state index contributed by atoms with van der Waals surface area (Å²) < 4.78 is 0. The van der Waals surface area contributed by atoms with Gasteiger partial charge in [0.2, 0.25) is 5.91 Å². The Bertz CT molecular complexity index is 914. The van der Waals surface area contributed by atoms with Gasteiger partial charge in [-0.05, 0) is 60.6 Å². The average Bonchev–Trinajstić information content (AvgIpc) is 2.98. The fourth-order valence-corrected chi connectivity index (χ4v) is 4.53. The molecule has 1 saturated heterocycles. The van der Waals surface area contributed by atoms with Crippen molar-refractivity contribution in [2.24, 2.45) is 5.41 Å². The molecule has 1 aliphatic heterocycles. The van der Waals surface area contributed by atoms with Crippen LogP contribution in [0, 0.1) is 5.41 Å². The van der Waals surface area contributed by atoms with Crippen LogP contribution in [0.3, 0.4) is 0 Å². The van der Waals surface area contributed by atoms with Crippen LogP contribution in [0.15, 0.2) is 42.5 Å². The number of halogens is 1. The van der Waals surface area contributed by atoms with Gasteiger partial charge in [-0.3, -0.25) is 14.8 Å². The number of fused-ring (bicyclic) bond motifs is 1. The molecule has 0 radical (unpaired) electrons. The summed E-state index contributed by atoms with van der Waals surface area (Å²) in [5, 5.41) is 9.55. The molecule has 1 spiro atoms. The molecule has 1 heterocycles. The van der Waals surface area contributed by atoms with E-state index in [2.05, 4.69) is 0 Å². The van der Waals surface area contributed by atoms with Crippen molar-refractivity contribution < 1.29 is 14.8 Å². The molecule has 1 atom stereocenters. The Morgan fingerprint density at radius 2 is 2.00 bits per heavy atom. The van der Waals surface area contributed by atoms with E-state index in [0.29, 0.717) is 23.6 Å². The van der Waals surface area contributed by atoms with Gasteiger partial charge in [0.05, 0.1) is 5.41 Å². The monoisotopic (exact) mass is 384 g/mol. The number of hydroxylamine groups is 1. The van der Waals surface area contributed by atoms with Gasteiger partial charge in [0.15, 0.2) is 0 Å². The van der Waals surface area contributed by atoms with Gasteiger partial charge in [-0.2, -0.15) is 0 Å². The Labute approximate surface area is 162 Å². The quantitative estimate of drug-likeness (QED) is 0.629. The van der Waals surface area contributed by atoms with E-state index in [1.165, 1.54) is 5.56 Å². The lowest BCUT2D eigenvalue weighted by molar-refractivity contribution is -0.137. The second kappa shape index (κ2) is 6.98. The number of nitrogens with one attached hydrogen (secondary N) is 1. The fraction of sp³-hybridized carbons (Fsp3) is 0.333. The van der Waals surface area contributed by atoms with E-state index in [0.717, 1.165) is 36.9 Å². The third kappa shape index (κ3) is 3.22. The molecule has 2 N–H and O–H groups in total. The smallest absolute Gasteiger partial charge is 0.274 e. The van der Waals surface area contributed by atoms with Gasteiger partial charge in [-0.15, -0.1) is 0 Å². The standard InChI is InChI=1S/C21H21ClN2O3/c22-18-4-2-1-3-16(18)13-24-10-9-21(20(24)26)8-7-14-5-6-15(19(25)23-27)11-17(14)12-21/h1-6,11,27H,7-10,12-13H2,(H,23,25)/t21-/m0/s1. The van der Waals surface area contributed by atoms with E-state index in [4.69, 9.17) is 16.8 Å². The largest absolute Gasteiger partial charge is 0.338 e. The zero-order valence-corrected chi connectivity index (χ0v) is 15.6. The van der Waals surface area contributed by atoms with Crippen molar-refractivity contribution in [1.82, 2.24) is 10.4 Å². The average molecular weight is 385 g/mol. The number of carbonyl (C=O) groups is 2. The Kier molecular flexibility index (Phi) is 4.66. The number of hydrogen-bond donors (Lipinski definition) is 2. The lowest BCUT2D eigenvalue weighted by Crippen LogP contribution is -2.38. The van der Waals surface area contributed by atoms with E-state index in [1.807, 2.05) is 35.2 Å². The maximum Gasteiger partial charge on any atom is 0.274 e. The van der Waals surface area contributed by atoms with Gasteiger partial charge in [0, 0.05) is 23.7 Å². The lowest BCUT2D eigenvalue weighted by atomic mass is 9.70. The van der Waals surface area contributed by atoms with Crippen LogP contribution in [0.5, 0.6) is 0 Å². The van der Waals surface area contributed by atoms with Gasteiger partial charge in [0.1, 0.15) is 0 Å². The summed E-state index contributed by atoms with van der Waals surface area (Å²) in [6, 6.07) is 13.1. The van der Waals surface area contributed by atoms with Crippen molar-refractivity contribution >= 4 is 23.4 Å². The van der Waals surface area contributed by atoms with E-state index in [9.17, 15) is 9.59 Å². The zero-order valence-electron chi connectivity index (χ0n) is 14.9. The molecule has 27 heavy (non-hydrogen) atoms. The summed E-state index contributed by atoms with van der Waals surface area (Å²) in [7, 11) is 0. The minimum atomic E-state index is -0.532. The minimum absolute atomic E-state index is 0.171. The number of benzene rings is 2. The highest BCUT2D eigenvalue weighted by atomic mass is 35.5. The summed E-state index contributed by atoms with van der Waals surface area (Å²) >= 11 is 6.26. The predicted octanol–water partition coefficient (Wildman–Crippen LogP) is 3.37. The number of rotatable bonds is 3. The van der Waals surface area contributed by atoms with E-state index >= 15 is 0 Å². The van der Waals surface area contributed by atoms with Gasteiger partial charge >= 0.3 is 0 Å². The molecule has 5 nitrogen and oxygen atoms in total. The molecular weight excluding hydrogens is 364 g/mol. The predicted molar refractivity (Wildman–Crippen MR) is 102 cm³/mol. The molecule has 2 amide bonds. The van der Waals surface area contributed by atoms with Gasteiger partial charge in [0.25, 0.3) is 5.91 Å². The summed E-state index contributed by atoms with van der Waals surface area (Å²) in [5.74, 6) is -0.361. The highest BCUT2D eigenvalue weighted by molar-refractivity contribution is 6.31. The highest BCUT2D eigenvalue weighted by Crippen LogP contribution is 2.44. The molecule has 0 saturated carbocycles. The molecule has 4 rings (SSSR count). The summed E-state index contributed by atoms with van der Waals surface area (Å²) in [4.78, 5) is 26.9. The van der Waals surface area contributed by atoms with Crippen molar-refractivity contribution in [3.8, 4) is 0 Å². The zero-order chi connectivity index (χ0) is 19.0. The molecule has 0 unspecified atom stereocenters. The molecule has 140 valence electrons. The number of aryl methyl sites for hydroxylation is 1. The Hall–Kier alpha value is -2.37. The first kappa shape index (κ1) is 18.0. The van der Waals surface area contributed by atoms with Crippen molar-refractivity contribution in [2.45, 2.75) is 32.2 Å². The van der Waals surface area contributed by atoms with Crippen LogP contribution >= 0.6 is 11.6 Å². The third-order valence-corrected chi connectivity index (χ3v) is 6.26. The molecule has 2 aliphatic rings. The Morgan fingerprint density at radius 3 is 2.78 bits per heavy atom. The van der Waals surface area contributed by atoms with Crippen LogP contribution in [-0.2, 0) is 24.2 Å². The number of likely N-dealkylation sites (tertiary alicyclic amines) is 1. The second-order valence-electron chi connectivity index (χ2n) is 7.45. The molecule has 1 fully saturated rings. The van der Waals surface area contributed by atoms with Crippen molar-refractivity contribution in [2.75, 3.05) is 6.54 Å². The fourth-order valence-electron chi connectivity index (χ4n) is 4.34. The number of carbonyl (C=O) groups excluding carboxylic acids is 2. The lowest BCUT2D eigenvalue weighted by Gasteiger charge is -2.33. The number of nitrogens with zero attached hydrogens (tertiary/aromatic N) is 1. The van der Waals surface area contributed by atoms with Gasteiger partial charge in [-0.25, -0.2) is 5.48 Å². The van der Waals surface area contributed by atoms with Crippen LogP contribution < -0.4 is 5.48 Å². The van der Waals surface area contributed by atoms with Crippen molar-refractivity contribution in [3.05, 3.63) is 69.7 Å². The summed E-state index contributed by atoms with van der Waals surface area (Å²) in [5.41, 5.74) is 4.84. The van der Waals surface area contributed by atoms with E-state index < -0.39 is 11.3 Å². The first-order chi connectivity index (χ1) is 13.0. The van der Waals surface area contributed by atoms with Gasteiger partial charge < -0.3 is 4.90 Å². The maximum absolute atomic E-state index is 13.2. The minimum Gasteiger partial charge on any atom is -0.338 e. The Balaban J connectivity index is 1.56. The van der Waals surface area contributed by atoms with Gasteiger partial charge in [-0.1, -0.05) is 35.9 Å². The summed E-state index contributed by atoms with van der Waals surface area (Å²) in [6.45, 7) is 1.25. The van der Waals surface area contributed by atoms with Crippen LogP contribution in [0.2, 0.25) is 5.02 Å². The van der Waals surface area contributed by atoms with Crippen molar-refractivity contribution in [3.63, 3.8) is 0 Å². The normalized spacial score (nSPS) is 21.4. The number of amides is 2. The van der Waals surface area contributed by atoms with Crippen LogP contribution in [0.4, 0.5) is 0 Å². The molecule has 0 bridgehead atoms. The van der Waals surface area contributed by atoms with Crippen molar-refractivity contribution in [1.29, 1.82) is 0 Å².